The smallest absolute Gasteiger partial charge is 0.144 e. The average Bonchev–Trinajstić information content (AvgIpc) is 2.48. The Morgan fingerprint density at radius 3 is 2.19 bits per heavy atom. The minimum absolute atomic E-state index is 0.0348. The fourth-order valence-electron chi connectivity index (χ4n) is 2.23. The van der Waals surface area contributed by atoms with Gasteiger partial charge >= 0.3 is 0 Å². The second-order valence-electron chi connectivity index (χ2n) is 4.91. The standard InChI is InChI=1S/C18H18O3/c1-21-18-10-6-5-9-15(18)12-17(20)13-16(19)11-14-7-3-2-4-8-14/h2-10H,11-13H2,1H3. The number of rotatable bonds is 7. The molecule has 0 N–H and O–H groups in total. The summed E-state index contributed by atoms with van der Waals surface area (Å²) in [5.41, 5.74) is 1.75. The van der Waals surface area contributed by atoms with Crippen molar-refractivity contribution in [2.45, 2.75) is 19.3 Å². The number of ether oxygens (including phenoxy) is 1. The Hall–Kier alpha value is -2.42. The Bertz CT molecular complexity index is 617. The minimum atomic E-state index is -0.0829. The molecule has 2 aromatic rings. The molecule has 0 fully saturated rings. The third-order valence-electron chi connectivity index (χ3n) is 3.22. The normalized spacial score (nSPS) is 10.1. The highest BCUT2D eigenvalue weighted by atomic mass is 16.5. The molecule has 0 saturated heterocycles. The molecule has 0 amide bonds. The van der Waals surface area contributed by atoms with Crippen LogP contribution < -0.4 is 4.74 Å². The number of ketones is 2. The van der Waals surface area contributed by atoms with Crippen LogP contribution in [0.3, 0.4) is 0 Å². The number of carbonyl (C=O) groups excluding carboxylic acids is 2. The van der Waals surface area contributed by atoms with Gasteiger partial charge in [0.25, 0.3) is 0 Å². The number of carbonyl (C=O) groups is 2. The Morgan fingerprint density at radius 2 is 1.48 bits per heavy atom. The fraction of sp³-hybridized carbons (Fsp3) is 0.222. The summed E-state index contributed by atoms with van der Waals surface area (Å²) in [5, 5.41) is 0. The predicted molar refractivity (Wildman–Crippen MR) is 81.5 cm³/mol. The average molecular weight is 282 g/mol. The van der Waals surface area contributed by atoms with Crippen molar-refractivity contribution in [1.82, 2.24) is 0 Å². The molecule has 0 aromatic heterocycles. The van der Waals surface area contributed by atoms with Crippen LogP contribution in [0.25, 0.3) is 0 Å². The van der Waals surface area contributed by atoms with Crippen LogP contribution >= 0.6 is 0 Å². The molecule has 0 aliphatic rings. The molecule has 0 atom stereocenters. The second-order valence-corrected chi connectivity index (χ2v) is 4.91. The third kappa shape index (κ3) is 4.56. The Morgan fingerprint density at radius 1 is 0.857 bits per heavy atom. The molecule has 0 bridgehead atoms. The van der Waals surface area contributed by atoms with Crippen molar-refractivity contribution in [2.75, 3.05) is 7.11 Å². The van der Waals surface area contributed by atoms with E-state index >= 15 is 0 Å². The maximum atomic E-state index is 12.0. The molecule has 0 spiro atoms. The van der Waals surface area contributed by atoms with E-state index in [1.807, 2.05) is 54.6 Å². The molecular weight excluding hydrogens is 264 g/mol. The fourth-order valence-corrected chi connectivity index (χ4v) is 2.23. The first kappa shape index (κ1) is 15.0. The highest BCUT2D eigenvalue weighted by Crippen LogP contribution is 2.18. The summed E-state index contributed by atoms with van der Waals surface area (Å²) in [5.74, 6) is 0.544. The topological polar surface area (TPSA) is 43.4 Å². The van der Waals surface area contributed by atoms with E-state index in [-0.39, 0.29) is 24.4 Å². The number of hydrogen-bond acceptors (Lipinski definition) is 3. The highest BCUT2D eigenvalue weighted by Gasteiger charge is 2.13. The van der Waals surface area contributed by atoms with Crippen molar-refractivity contribution < 1.29 is 14.3 Å². The van der Waals surface area contributed by atoms with Gasteiger partial charge in [0.05, 0.1) is 13.5 Å². The summed E-state index contributed by atoms with van der Waals surface area (Å²) in [4.78, 5) is 23.9. The summed E-state index contributed by atoms with van der Waals surface area (Å²) in [7, 11) is 1.57. The molecule has 0 aliphatic carbocycles. The van der Waals surface area contributed by atoms with Crippen molar-refractivity contribution in [3.05, 3.63) is 65.7 Å². The first-order valence-corrected chi connectivity index (χ1v) is 6.88. The summed E-state index contributed by atoms with van der Waals surface area (Å²) in [6, 6.07) is 16.8. The zero-order valence-electron chi connectivity index (χ0n) is 12.0. The van der Waals surface area contributed by atoms with E-state index in [1.165, 1.54) is 0 Å². The van der Waals surface area contributed by atoms with Gasteiger partial charge in [-0.2, -0.15) is 0 Å². The molecule has 0 radical (unpaired) electrons. The SMILES string of the molecule is COc1ccccc1CC(=O)CC(=O)Cc1ccccc1. The molecular formula is C18H18O3. The first-order valence-electron chi connectivity index (χ1n) is 6.88. The molecule has 108 valence electrons. The zero-order chi connectivity index (χ0) is 15.1. The van der Waals surface area contributed by atoms with Crippen molar-refractivity contribution >= 4 is 11.6 Å². The minimum Gasteiger partial charge on any atom is -0.496 e. The zero-order valence-corrected chi connectivity index (χ0v) is 12.0. The third-order valence-corrected chi connectivity index (χ3v) is 3.22. The highest BCUT2D eigenvalue weighted by molar-refractivity contribution is 6.00. The molecule has 3 heteroatoms. The molecule has 2 aromatic carbocycles. The summed E-state index contributed by atoms with van der Waals surface area (Å²) < 4.78 is 5.21. The lowest BCUT2D eigenvalue weighted by Gasteiger charge is -2.07. The van der Waals surface area contributed by atoms with Gasteiger partial charge in [-0.3, -0.25) is 9.59 Å². The molecule has 0 aliphatic heterocycles. The van der Waals surface area contributed by atoms with E-state index in [0.717, 1.165) is 11.1 Å². The Balaban J connectivity index is 1.91. The van der Waals surface area contributed by atoms with Crippen LogP contribution in [0, 0.1) is 0 Å². The second kappa shape index (κ2) is 7.39. The number of hydrogen-bond donors (Lipinski definition) is 0. The van der Waals surface area contributed by atoms with Gasteiger partial charge in [0.1, 0.15) is 17.3 Å². The van der Waals surface area contributed by atoms with Crippen LogP contribution in [0.1, 0.15) is 17.5 Å². The molecule has 21 heavy (non-hydrogen) atoms. The number of benzene rings is 2. The van der Waals surface area contributed by atoms with E-state index in [1.54, 1.807) is 7.11 Å². The largest absolute Gasteiger partial charge is 0.496 e. The Labute approximate surface area is 124 Å². The van der Waals surface area contributed by atoms with Crippen molar-refractivity contribution in [3.8, 4) is 5.75 Å². The van der Waals surface area contributed by atoms with Crippen LogP contribution in [0.5, 0.6) is 5.75 Å². The van der Waals surface area contributed by atoms with Crippen molar-refractivity contribution in [1.29, 1.82) is 0 Å². The van der Waals surface area contributed by atoms with Crippen LogP contribution in [-0.2, 0) is 22.4 Å². The van der Waals surface area contributed by atoms with Gasteiger partial charge < -0.3 is 4.74 Å². The number of methoxy groups -OCH3 is 1. The van der Waals surface area contributed by atoms with Crippen LogP contribution in [0.2, 0.25) is 0 Å². The molecule has 0 unspecified atom stereocenters. The predicted octanol–water partition coefficient (Wildman–Crippen LogP) is 3.01. The van der Waals surface area contributed by atoms with Gasteiger partial charge in [0, 0.05) is 18.4 Å². The van der Waals surface area contributed by atoms with Gasteiger partial charge in [-0.1, -0.05) is 48.5 Å². The van der Waals surface area contributed by atoms with Crippen molar-refractivity contribution in [3.63, 3.8) is 0 Å². The lowest BCUT2D eigenvalue weighted by molar-refractivity contribution is -0.126. The summed E-state index contributed by atoms with van der Waals surface area (Å²) >= 11 is 0. The number of para-hydroxylation sites is 1. The van der Waals surface area contributed by atoms with Crippen LogP contribution in [0.15, 0.2) is 54.6 Å². The first-order chi connectivity index (χ1) is 10.2. The maximum Gasteiger partial charge on any atom is 0.144 e. The van der Waals surface area contributed by atoms with Gasteiger partial charge in [-0.05, 0) is 11.6 Å². The number of Topliss-reactive ketones (excluding diaryl/α,β-unsaturated/α-hetero) is 2. The van der Waals surface area contributed by atoms with E-state index in [0.29, 0.717) is 12.2 Å². The Kier molecular flexibility index (Phi) is 5.27. The quantitative estimate of drug-likeness (QED) is 0.733. The van der Waals surface area contributed by atoms with E-state index in [9.17, 15) is 9.59 Å². The van der Waals surface area contributed by atoms with E-state index in [2.05, 4.69) is 0 Å². The van der Waals surface area contributed by atoms with Gasteiger partial charge in [0.15, 0.2) is 0 Å². The monoisotopic (exact) mass is 282 g/mol. The lowest BCUT2D eigenvalue weighted by Crippen LogP contribution is -2.12. The summed E-state index contributed by atoms with van der Waals surface area (Å²) in [6.07, 6.45) is 0.496. The van der Waals surface area contributed by atoms with Crippen LogP contribution in [0.4, 0.5) is 0 Å². The van der Waals surface area contributed by atoms with Crippen molar-refractivity contribution in [2.24, 2.45) is 0 Å². The molecule has 0 saturated carbocycles. The molecule has 0 heterocycles. The van der Waals surface area contributed by atoms with Gasteiger partial charge in [-0.25, -0.2) is 0 Å². The van der Waals surface area contributed by atoms with Gasteiger partial charge in [-0.15, -0.1) is 0 Å². The maximum absolute atomic E-state index is 12.0. The van der Waals surface area contributed by atoms with E-state index < -0.39 is 0 Å². The van der Waals surface area contributed by atoms with Crippen LogP contribution in [-0.4, -0.2) is 18.7 Å². The van der Waals surface area contributed by atoms with E-state index in [4.69, 9.17) is 4.74 Å². The molecule has 3 nitrogen and oxygen atoms in total. The summed E-state index contributed by atoms with van der Waals surface area (Å²) in [6.45, 7) is 0. The lowest BCUT2D eigenvalue weighted by atomic mass is 10.0. The molecule has 2 rings (SSSR count). The van der Waals surface area contributed by atoms with Gasteiger partial charge in [0.2, 0.25) is 0 Å².